The van der Waals surface area contributed by atoms with Crippen LogP contribution in [0, 0.1) is 0 Å². The Balaban J connectivity index is 1.72. The fourth-order valence-electron chi connectivity index (χ4n) is 2.03. The molecule has 5 nitrogen and oxygen atoms in total. The van der Waals surface area contributed by atoms with E-state index in [2.05, 4.69) is 20.2 Å². The molecule has 2 rings (SSSR count). The van der Waals surface area contributed by atoms with Crippen LogP contribution >= 0.6 is 11.6 Å². The number of nitrogen functional groups attached to an aromatic ring is 1. The van der Waals surface area contributed by atoms with Gasteiger partial charge in [-0.3, -0.25) is 0 Å². The molecule has 1 aliphatic heterocycles. The van der Waals surface area contributed by atoms with Crippen LogP contribution in [0.1, 0.15) is 19.3 Å². The first kappa shape index (κ1) is 12.4. The van der Waals surface area contributed by atoms with E-state index in [-0.39, 0.29) is 5.28 Å². The van der Waals surface area contributed by atoms with Gasteiger partial charge >= 0.3 is 0 Å². The molecule has 0 aromatic carbocycles. The molecule has 0 aliphatic carbocycles. The molecule has 2 heterocycles. The first-order chi connectivity index (χ1) is 8.25. The Labute approximate surface area is 106 Å². The van der Waals surface area contributed by atoms with Crippen molar-refractivity contribution in [1.82, 2.24) is 14.9 Å². The first-order valence-electron chi connectivity index (χ1n) is 6.00. The number of halogens is 1. The van der Waals surface area contributed by atoms with Crippen LogP contribution < -0.4 is 11.1 Å². The van der Waals surface area contributed by atoms with Gasteiger partial charge in [-0.25, -0.2) is 4.98 Å². The Bertz CT molecular complexity index is 365. The molecule has 0 amide bonds. The zero-order chi connectivity index (χ0) is 12.1. The normalized spacial score (nSPS) is 16.3. The predicted octanol–water partition coefficient (Wildman–Crippen LogP) is 1.61. The summed E-state index contributed by atoms with van der Waals surface area (Å²) in [5.74, 6) is 0.631. The van der Waals surface area contributed by atoms with Crippen molar-refractivity contribution in [3.05, 3.63) is 11.5 Å². The van der Waals surface area contributed by atoms with E-state index in [1.165, 1.54) is 32.1 Å². The van der Waals surface area contributed by atoms with Gasteiger partial charge in [-0.2, -0.15) is 4.98 Å². The molecule has 1 aromatic rings. The molecule has 1 fully saturated rings. The quantitative estimate of drug-likeness (QED) is 0.618. The number of hydrogen-bond acceptors (Lipinski definition) is 5. The van der Waals surface area contributed by atoms with E-state index in [0.29, 0.717) is 11.5 Å². The maximum atomic E-state index is 5.74. The summed E-state index contributed by atoms with van der Waals surface area (Å²) in [7, 11) is 0. The number of nitrogens with zero attached hydrogens (tertiary/aromatic N) is 3. The zero-order valence-corrected chi connectivity index (χ0v) is 10.6. The largest absolute Gasteiger partial charge is 0.394 e. The Morgan fingerprint density at radius 3 is 2.94 bits per heavy atom. The molecule has 94 valence electrons. The van der Waals surface area contributed by atoms with Gasteiger partial charge in [0.2, 0.25) is 5.28 Å². The summed E-state index contributed by atoms with van der Waals surface area (Å²) in [5, 5.41) is 3.41. The topological polar surface area (TPSA) is 67.1 Å². The van der Waals surface area contributed by atoms with Crippen LogP contribution in [-0.2, 0) is 0 Å². The number of likely N-dealkylation sites (tertiary alicyclic amines) is 1. The van der Waals surface area contributed by atoms with Gasteiger partial charge in [-0.05, 0) is 50.5 Å². The molecule has 0 saturated carbocycles. The third kappa shape index (κ3) is 3.71. The number of anilines is 2. The summed E-state index contributed by atoms with van der Waals surface area (Å²) in [6.45, 7) is 4.46. The lowest BCUT2D eigenvalue weighted by Gasteiger charge is -2.14. The van der Waals surface area contributed by atoms with Crippen molar-refractivity contribution in [3.8, 4) is 0 Å². The van der Waals surface area contributed by atoms with Gasteiger partial charge in [0.1, 0.15) is 0 Å². The van der Waals surface area contributed by atoms with Crippen molar-refractivity contribution in [2.24, 2.45) is 0 Å². The smallest absolute Gasteiger partial charge is 0.224 e. The second kappa shape index (κ2) is 6.02. The molecule has 1 aromatic heterocycles. The van der Waals surface area contributed by atoms with E-state index >= 15 is 0 Å². The molecule has 1 saturated heterocycles. The standard InChI is InChI=1S/C11H18ClN5/c12-11-15-8-9(13)10(16-11)14-4-3-7-17-5-1-2-6-17/h8H,1-7,13H2,(H,14,15,16). The minimum atomic E-state index is 0.223. The van der Waals surface area contributed by atoms with E-state index < -0.39 is 0 Å². The predicted molar refractivity (Wildman–Crippen MR) is 70.2 cm³/mol. The third-order valence-electron chi connectivity index (χ3n) is 2.93. The Morgan fingerprint density at radius 2 is 2.18 bits per heavy atom. The second-order valence-corrected chi connectivity index (χ2v) is 4.61. The summed E-state index contributed by atoms with van der Waals surface area (Å²) in [6, 6.07) is 0. The molecular formula is C11H18ClN5. The number of aromatic nitrogens is 2. The minimum absolute atomic E-state index is 0.223. The monoisotopic (exact) mass is 255 g/mol. The summed E-state index contributed by atoms with van der Waals surface area (Å²) < 4.78 is 0. The lowest BCUT2D eigenvalue weighted by molar-refractivity contribution is 0.337. The molecule has 0 atom stereocenters. The molecule has 0 radical (unpaired) electrons. The van der Waals surface area contributed by atoms with Crippen molar-refractivity contribution in [3.63, 3.8) is 0 Å². The molecule has 0 spiro atoms. The molecule has 3 N–H and O–H groups in total. The van der Waals surface area contributed by atoms with E-state index in [1.807, 2.05) is 0 Å². The van der Waals surface area contributed by atoms with E-state index in [1.54, 1.807) is 0 Å². The van der Waals surface area contributed by atoms with Gasteiger partial charge in [-0.1, -0.05) is 0 Å². The summed E-state index contributed by atoms with van der Waals surface area (Å²) in [5.41, 5.74) is 6.27. The van der Waals surface area contributed by atoms with Crippen molar-refractivity contribution in [1.29, 1.82) is 0 Å². The zero-order valence-electron chi connectivity index (χ0n) is 9.82. The van der Waals surface area contributed by atoms with Crippen molar-refractivity contribution in [2.75, 3.05) is 37.2 Å². The second-order valence-electron chi connectivity index (χ2n) is 4.27. The van der Waals surface area contributed by atoms with Crippen LogP contribution in [0.3, 0.4) is 0 Å². The van der Waals surface area contributed by atoms with Gasteiger partial charge in [0, 0.05) is 6.54 Å². The van der Waals surface area contributed by atoms with E-state index in [4.69, 9.17) is 17.3 Å². The third-order valence-corrected chi connectivity index (χ3v) is 3.11. The Morgan fingerprint density at radius 1 is 1.41 bits per heavy atom. The minimum Gasteiger partial charge on any atom is -0.394 e. The van der Waals surface area contributed by atoms with Crippen LogP contribution in [0.5, 0.6) is 0 Å². The maximum absolute atomic E-state index is 5.74. The Hall–Kier alpha value is -1.07. The van der Waals surface area contributed by atoms with Gasteiger partial charge in [-0.15, -0.1) is 0 Å². The number of rotatable bonds is 5. The summed E-state index contributed by atoms with van der Waals surface area (Å²) in [4.78, 5) is 10.3. The first-order valence-corrected chi connectivity index (χ1v) is 6.38. The molecule has 6 heteroatoms. The van der Waals surface area contributed by atoms with Crippen LogP contribution in [0.4, 0.5) is 11.5 Å². The molecular weight excluding hydrogens is 238 g/mol. The highest BCUT2D eigenvalue weighted by molar-refractivity contribution is 6.28. The number of nitrogens with one attached hydrogen (secondary N) is 1. The number of nitrogens with two attached hydrogens (primary N) is 1. The Kier molecular flexibility index (Phi) is 4.39. The fraction of sp³-hybridized carbons (Fsp3) is 0.636. The molecule has 17 heavy (non-hydrogen) atoms. The van der Waals surface area contributed by atoms with Crippen molar-refractivity contribution < 1.29 is 0 Å². The van der Waals surface area contributed by atoms with Crippen LogP contribution in [-0.4, -0.2) is 41.0 Å². The summed E-state index contributed by atoms with van der Waals surface area (Å²) in [6.07, 6.45) is 5.28. The average Bonchev–Trinajstić information content (AvgIpc) is 2.82. The van der Waals surface area contributed by atoms with E-state index in [9.17, 15) is 0 Å². The molecule has 0 unspecified atom stereocenters. The van der Waals surface area contributed by atoms with Gasteiger partial charge in [0.15, 0.2) is 5.82 Å². The maximum Gasteiger partial charge on any atom is 0.224 e. The van der Waals surface area contributed by atoms with Crippen molar-refractivity contribution >= 4 is 23.1 Å². The highest BCUT2D eigenvalue weighted by Crippen LogP contribution is 2.15. The van der Waals surface area contributed by atoms with Crippen molar-refractivity contribution in [2.45, 2.75) is 19.3 Å². The van der Waals surface area contributed by atoms with Gasteiger partial charge < -0.3 is 16.0 Å². The van der Waals surface area contributed by atoms with Gasteiger partial charge in [0.25, 0.3) is 0 Å². The summed E-state index contributed by atoms with van der Waals surface area (Å²) >= 11 is 5.71. The SMILES string of the molecule is Nc1cnc(Cl)nc1NCCCN1CCCC1. The lowest BCUT2D eigenvalue weighted by atomic mass is 10.3. The van der Waals surface area contributed by atoms with E-state index in [0.717, 1.165) is 19.5 Å². The van der Waals surface area contributed by atoms with Gasteiger partial charge in [0.05, 0.1) is 11.9 Å². The highest BCUT2D eigenvalue weighted by atomic mass is 35.5. The van der Waals surface area contributed by atoms with Crippen LogP contribution in [0.15, 0.2) is 6.20 Å². The van der Waals surface area contributed by atoms with Crippen LogP contribution in [0.25, 0.3) is 0 Å². The highest BCUT2D eigenvalue weighted by Gasteiger charge is 2.10. The molecule has 0 bridgehead atoms. The number of hydrogen-bond donors (Lipinski definition) is 2. The average molecular weight is 256 g/mol. The fourth-order valence-corrected chi connectivity index (χ4v) is 2.16. The van der Waals surface area contributed by atoms with Crippen LogP contribution in [0.2, 0.25) is 5.28 Å². The lowest BCUT2D eigenvalue weighted by Crippen LogP contribution is -2.22. The molecule has 1 aliphatic rings.